The molecule has 1 heterocycles. The third kappa shape index (κ3) is 1.65. The maximum Gasteiger partial charge on any atom is 0.0933 e. The lowest BCUT2D eigenvalue weighted by Crippen LogP contribution is -2.04. The van der Waals surface area contributed by atoms with Crippen LogP contribution >= 0.6 is 0 Å². The number of nitrogens with one attached hydrogen (secondary N) is 1. The Morgan fingerprint density at radius 2 is 1.65 bits per heavy atom. The summed E-state index contributed by atoms with van der Waals surface area (Å²) in [5.41, 5.74) is 4.82. The number of hydrogen-bond acceptors (Lipinski definition) is 3. The quantitative estimate of drug-likeness (QED) is 0.533. The minimum atomic E-state index is 0.636. The molecule has 3 rings (SSSR count). The Morgan fingerprint density at radius 1 is 0.941 bits per heavy atom. The van der Waals surface area contributed by atoms with E-state index in [1.165, 1.54) is 0 Å². The molecule has 0 unspecified atom stereocenters. The zero-order valence-electron chi connectivity index (χ0n) is 9.22. The molecule has 3 nitrogen and oxygen atoms in total. The maximum atomic E-state index is 9.15. The van der Waals surface area contributed by atoms with Gasteiger partial charge < -0.3 is 10.5 Å². The molecule has 0 saturated carbocycles. The molecule has 0 aliphatic carbocycles. The van der Waals surface area contributed by atoms with E-state index in [0.717, 1.165) is 22.5 Å². The van der Waals surface area contributed by atoms with Crippen molar-refractivity contribution in [1.82, 2.24) is 0 Å². The zero-order valence-corrected chi connectivity index (χ0v) is 9.22. The Bertz CT molecular complexity index is 590. The summed E-state index contributed by atoms with van der Waals surface area (Å²) < 4.78 is 0. The molecular weight excluding hydrogens is 212 g/mol. The molecule has 0 bridgehead atoms. The first-order valence-corrected chi connectivity index (χ1v) is 5.54. The zero-order chi connectivity index (χ0) is 11.7. The fraction of sp³-hybridized carbons (Fsp3) is 0.0714. The SMILES string of the molecule is ON=C1Cc2ccccc2Nc2ccccc21. The molecule has 2 aromatic rings. The van der Waals surface area contributed by atoms with Gasteiger partial charge in [-0.05, 0) is 17.7 Å². The van der Waals surface area contributed by atoms with Crippen molar-refractivity contribution in [2.24, 2.45) is 5.16 Å². The second kappa shape index (κ2) is 3.94. The number of fused-ring (bicyclic) bond motifs is 2. The average Bonchev–Trinajstić information content (AvgIpc) is 2.54. The van der Waals surface area contributed by atoms with Crippen LogP contribution in [0.15, 0.2) is 53.7 Å². The summed E-state index contributed by atoms with van der Waals surface area (Å²) in [6.07, 6.45) is 0.636. The van der Waals surface area contributed by atoms with Crippen LogP contribution in [0.3, 0.4) is 0 Å². The van der Waals surface area contributed by atoms with Crippen LogP contribution in [-0.2, 0) is 6.42 Å². The third-order valence-electron chi connectivity index (χ3n) is 3.00. The predicted molar refractivity (Wildman–Crippen MR) is 68.2 cm³/mol. The van der Waals surface area contributed by atoms with Crippen molar-refractivity contribution in [2.45, 2.75) is 6.42 Å². The van der Waals surface area contributed by atoms with Gasteiger partial charge in [-0.2, -0.15) is 0 Å². The molecule has 0 spiro atoms. The Morgan fingerprint density at radius 3 is 2.47 bits per heavy atom. The smallest absolute Gasteiger partial charge is 0.0933 e. The standard InChI is InChI=1S/C14H12N2O/c17-16-14-9-10-5-1-3-7-12(10)15-13-8-4-2-6-11(13)14/h1-8,15,17H,9H2. The summed E-state index contributed by atoms with van der Waals surface area (Å²) in [5.74, 6) is 0. The first-order valence-electron chi connectivity index (χ1n) is 5.54. The highest BCUT2D eigenvalue weighted by Crippen LogP contribution is 2.29. The van der Waals surface area contributed by atoms with E-state index >= 15 is 0 Å². The van der Waals surface area contributed by atoms with Gasteiger partial charge in [-0.1, -0.05) is 41.6 Å². The average molecular weight is 224 g/mol. The molecule has 17 heavy (non-hydrogen) atoms. The molecule has 0 fully saturated rings. The molecule has 0 saturated heterocycles. The first kappa shape index (κ1) is 9.90. The lowest BCUT2D eigenvalue weighted by atomic mass is 10.0. The van der Waals surface area contributed by atoms with E-state index in [0.29, 0.717) is 12.1 Å². The number of oxime groups is 1. The van der Waals surface area contributed by atoms with Gasteiger partial charge in [0.25, 0.3) is 0 Å². The lowest BCUT2D eigenvalue weighted by molar-refractivity contribution is 0.318. The van der Waals surface area contributed by atoms with E-state index in [2.05, 4.69) is 10.5 Å². The lowest BCUT2D eigenvalue weighted by Gasteiger charge is -2.08. The van der Waals surface area contributed by atoms with Crippen LogP contribution in [0.5, 0.6) is 0 Å². The molecule has 1 aliphatic rings. The molecule has 84 valence electrons. The van der Waals surface area contributed by atoms with Crippen LogP contribution in [0.2, 0.25) is 0 Å². The molecule has 0 atom stereocenters. The second-order valence-electron chi connectivity index (χ2n) is 4.05. The largest absolute Gasteiger partial charge is 0.411 e. The molecule has 0 aromatic heterocycles. The van der Waals surface area contributed by atoms with Crippen molar-refractivity contribution < 1.29 is 5.21 Å². The third-order valence-corrected chi connectivity index (χ3v) is 3.00. The molecule has 0 amide bonds. The minimum absolute atomic E-state index is 0.636. The second-order valence-corrected chi connectivity index (χ2v) is 4.05. The number of para-hydroxylation sites is 2. The van der Waals surface area contributed by atoms with Crippen molar-refractivity contribution >= 4 is 17.1 Å². The summed E-state index contributed by atoms with van der Waals surface area (Å²) in [5, 5.41) is 15.9. The highest BCUT2D eigenvalue weighted by Gasteiger charge is 2.17. The van der Waals surface area contributed by atoms with E-state index in [1.54, 1.807) is 0 Å². The number of benzene rings is 2. The first-order chi connectivity index (χ1) is 8.38. The minimum Gasteiger partial charge on any atom is -0.411 e. The van der Waals surface area contributed by atoms with Crippen molar-refractivity contribution in [3.05, 3.63) is 59.7 Å². The van der Waals surface area contributed by atoms with Crippen LogP contribution in [0.1, 0.15) is 11.1 Å². The van der Waals surface area contributed by atoms with Gasteiger partial charge >= 0.3 is 0 Å². The Kier molecular flexibility index (Phi) is 2.29. The summed E-state index contributed by atoms with van der Waals surface area (Å²) in [7, 11) is 0. The topological polar surface area (TPSA) is 44.6 Å². The van der Waals surface area contributed by atoms with E-state index in [4.69, 9.17) is 5.21 Å². The summed E-state index contributed by atoms with van der Waals surface area (Å²) in [6.45, 7) is 0. The molecule has 2 N–H and O–H groups in total. The van der Waals surface area contributed by atoms with Crippen molar-refractivity contribution in [3.63, 3.8) is 0 Å². The molecule has 1 aliphatic heterocycles. The number of rotatable bonds is 0. The van der Waals surface area contributed by atoms with Gasteiger partial charge in [-0.25, -0.2) is 0 Å². The van der Waals surface area contributed by atoms with E-state index in [1.807, 2.05) is 48.5 Å². The monoisotopic (exact) mass is 224 g/mol. The van der Waals surface area contributed by atoms with Crippen LogP contribution in [-0.4, -0.2) is 10.9 Å². The van der Waals surface area contributed by atoms with Crippen LogP contribution in [0, 0.1) is 0 Å². The summed E-state index contributed by atoms with van der Waals surface area (Å²) in [4.78, 5) is 0. The Balaban J connectivity index is 2.20. The number of anilines is 2. The molecular formula is C14H12N2O. The van der Waals surface area contributed by atoms with Crippen molar-refractivity contribution in [1.29, 1.82) is 0 Å². The summed E-state index contributed by atoms with van der Waals surface area (Å²) >= 11 is 0. The van der Waals surface area contributed by atoms with E-state index < -0.39 is 0 Å². The van der Waals surface area contributed by atoms with Crippen LogP contribution in [0.4, 0.5) is 11.4 Å². The van der Waals surface area contributed by atoms with Crippen LogP contribution < -0.4 is 5.32 Å². The highest BCUT2D eigenvalue weighted by molar-refractivity contribution is 6.08. The van der Waals surface area contributed by atoms with E-state index in [9.17, 15) is 0 Å². The normalized spacial score (nSPS) is 15.6. The number of hydrogen-bond donors (Lipinski definition) is 2. The molecule has 0 radical (unpaired) electrons. The highest BCUT2D eigenvalue weighted by atomic mass is 16.4. The van der Waals surface area contributed by atoms with E-state index in [-0.39, 0.29) is 0 Å². The van der Waals surface area contributed by atoms with Crippen molar-refractivity contribution in [2.75, 3.05) is 5.32 Å². The fourth-order valence-electron chi connectivity index (χ4n) is 2.15. The van der Waals surface area contributed by atoms with Gasteiger partial charge in [0.05, 0.1) is 5.71 Å². The van der Waals surface area contributed by atoms with Crippen LogP contribution in [0.25, 0.3) is 0 Å². The molecule has 2 aromatic carbocycles. The fourth-order valence-corrected chi connectivity index (χ4v) is 2.15. The van der Waals surface area contributed by atoms with Gasteiger partial charge in [0.1, 0.15) is 0 Å². The summed E-state index contributed by atoms with van der Waals surface area (Å²) in [6, 6.07) is 15.9. The Hall–Kier alpha value is -2.29. The maximum absolute atomic E-state index is 9.15. The number of nitrogens with zero attached hydrogens (tertiary/aromatic N) is 1. The predicted octanol–water partition coefficient (Wildman–Crippen LogP) is 3.16. The van der Waals surface area contributed by atoms with Gasteiger partial charge in [-0.15, -0.1) is 0 Å². The van der Waals surface area contributed by atoms with Crippen molar-refractivity contribution in [3.8, 4) is 0 Å². The Labute approximate surface area is 99.4 Å². The van der Waals surface area contributed by atoms with Gasteiger partial charge in [0.15, 0.2) is 0 Å². The molecule has 3 heteroatoms. The van der Waals surface area contributed by atoms with Gasteiger partial charge in [0, 0.05) is 23.4 Å². The van der Waals surface area contributed by atoms with Gasteiger partial charge in [0.2, 0.25) is 0 Å². The van der Waals surface area contributed by atoms with Gasteiger partial charge in [-0.3, -0.25) is 0 Å².